The molecular formula is C23H24FN3O6S. The van der Waals surface area contributed by atoms with Gasteiger partial charge in [-0.25, -0.2) is 8.57 Å². The summed E-state index contributed by atoms with van der Waals surface area (Å²) >= 11 is 0. The van der Waals surface area contributed by atoms with Crippen molar-refractivity contribution in [2.45, 2.75) is 18.0 Å². The van der Waals surface area contributed by atoms with E-state index in [0.717, 1.165) is 31.9 Å². The Hall–Kier alpha value is -2.99. The van der Waals surface area contributed by atoms with Crippen LogP contribution in [0.15, 0.2) is 63.7 Å². The van der Waals surface area contributed by atoms with E-state index in [9.17, 15) is 12.8 Å². The quantitative estimate of drug-likeness (QED) is 0.376. The summed E-state index contributed by atoms with van der Waals surface area (Å²) in [6.07, 6.45) is -1.37. The van der Waals surface area contributed by atoms with E-state index in [1.807, 2.05) is 6.92 Å². The zero-order valence-electron chi connectivity index (χ0n) is 18.4. The molecule has 34 heavy (non-hydrogen) atoms. The number of nitrogens with zero attached hydrogens (tertiary/aromatic N) is 2. The average Bonchev–Trinajstić information content (AvgIpc) is 3.15. The Morgan fingerprint density at radius 3 is 2.65 bits per heavy atom. The summed E-state index contributed by atoms with van der Waals surface area (Å²) in [5.74, 6) is 0.385. The summed E-state index contributed by atoms with van der Waals surface area (Å²) in [5, 5.41) is 0. The number of halogens is 1. The van der Waals surface area contributed by atoms with Crippen LogP contribution in [0, 0.1) is 12.3 Å². The van der Waals surface area contributed by atoms with Crippen LogP contribution in [0.5, 0.6) is 5.75 Å². The zero-order valence-corrected chi connectivity index (χ0v) is 19.3. The predicted molar refractivity (Wildman–Crippen MR) is 122 cm³/mol. The van der Waals surface area contributed by atoms with E-state index in [1.54, 1.807) is 30.3 Å². The Bertz CT molecular complexity index is 1330. The average molecular weight is 490 g/mol. The van der Waals surface area contributed by atoms with Crippen LogP contribution in [0.4, 0.5) is 10.4 Å². The van der Waals surface area contributed by atoms with E-state index in [4.69, 9.17) is 23.8 Å². The third-order valence-corrected chi connectivity index (χ3v) is 7.25. The fourth-order valence-corrected chi connectivity index (χ4v) is 4.87. The minimum absolute atomic E-state index is 0.0720. The first kappa shape index (κ1) is 22.8. The number of rotatable bonds is 8. The molecule has 2 fully saturated rings. The lowest BCUT2D eigenvalue weighted by atomic mass is 9.78. The second-order valence-electron chi connectivity index (χ2n) is 8.73. The number of aryl methyl sites for hydroxylation is 1. The summed E-state index contributed by atoms with van der Waals surface area (Å²) < 4.78 is 60.1. The van der Waals surface area contributed by atoms with Gasteiger partial charge in [0.25, 0.3) is 16.1 Å². The summed E-state index contributed by atoms with van der Waals surface area (Å²) in [4.78, 5) is 6.48. The molecule has 0 aliphatic carbocycles. The maximum Gasteiger partial charge on any atom is 0.298 e. The van der Waals surface area contributed by atoms with Gasteiger partial charge >= 0.3 is 0 Å². The zero-order chi connectivity index (χ0) is 23.9. The lowest BCUT2D eigenvalue weighted by Gasteiger charge is -2.54. The van der Waals surface area contributed by atoms with Crippen molar-refractivity contribution in [2.75, 3.05) is 37.8 Å². The number of nitrogens with two attached hydrogens (primary N) is 1. The molecule has 2 N–H and O–H groups in total. The molecule has 3 aromatic rings. The molecule has 0 bridgehead atoms. The normalized spacial score (nSPS) is 18.6. The molecule has 2 aliphatic rings. The number of oxazole rings is 1. The van der Waals surface area contributed by atoms with Crippen LogP contribution in [-0.2, 0) is 19.0 Å². The van der Waals surface area contributed by atoms with Crippen molar-refractivity contribution in [2.24, 2.45) is 11.1 Å². The first-order valence-corrected chi connectivity index (χ1v) is 12.1. The minimum atomic E-state index is -4.18. The van der Waals surface area contributed by atoms with Gasteiger partial charge in [0.15, 0.2) is 11.8 Å². The van der Waals surface area contributed by atoms with E-state index in [-0.39, 0.29) is 28.8 Å². The number of benzene rings is 2. The minimum Gasteiger partial charge on any atom is -0.489 e. The molecule has 1 atom stereocenters. The van der Waals surface area contributed by atoms with E-state index in [2.05, 4.69) is 9.88 Å². The second kappa shape index (κ2) is 8.66. The van der Waals surface area contributed by atoms with Crippen molar-refractivity contribution < 1.29 is 30.9 Å². The molecule has 1 unspecified atom stereocenters. The first-order chi connectivity index (χ1) is 16.3. The van der Waals surface area contributed by atoms with Crippen molar-refractivity contribution in [3.05, 3.63) is 59.9 Å². The SMILES string of the molecule is Cc1ccc(S(=O)(=O)OC(N)/C(=C/F)COc2ccc3nc(N4CC5(COC5)C4)oc3c2)cc1. The van der Waals surface area contributed by atoms with Crippen LogP contribution in [-0.4, -0.2) is 52.5 Å². The van der Waals surface area contributed by atoms with Gasteiger partial charge in [-0.2, -0.15) is 13.4 Å². The molecule has 2 saturated heterocycles. The van der Waals surface area contributed by atoms with E-state index >= 15 is 0 Å². The summed E-state index contributed by atoms with van der Waals surface area (Å²) in [6, 6.07) is 11.6. The van der Waals surface area contributed by atoms with Gasteiger partial charge in [-0.1, -0.05) is 17.7 Å². The number of hydrogen-bond donors (Lipinski definition) is 1. The van der Waals surface area contributed by atoms with E-state index in [1.165, 1.54) is 12.1 Å². The molecule has 180 valence electrons. The number of anilines is 1. The summed E-state index contributed by atoms with van der Waals surface area (Å²) in [6.45, 7) is 4.73. The topological polar surface area (TPSA) is 117 Å². The van der Waals surface area contributed by atoms with Gasteiger partial charge in [-0.15, -0.1) is 0 Å². The third-order valence-electron chi connectivity index (χ3n) is 5.94. The van der Waals surface area contributed by atoms with Crippen LogP contribution < -0.4 is 15.4 Å². The van der Waals surface area contributed by atoms with Gasteiger partial charge in [0.1, 0.15) is 17.9 Å². The number of fused-ring (bicyclic) bond motifs is 1. The number of aromatic nitrogens is 1. The van der Waals surface area contributed by atoms with Crippen molar-refractivity contribution >= 4 is 27.2 Å². The van der Waals surface area contributed by atoms with E-state index < -0.39 is 16.3 Å². The standard InChI is InChI=1S/C23H24FN3O6S/c1-15-2-5-18(6-3-15)34(28,29)33-21(25)16(9-24)10-31-17-4-7-19-20(8-17)32-22(26-19)27-11-23(12-27)13-30-14-23/h2-9,21H,10-14,25H2,1H3/b16-9+. The Labute approximate surface area is 196 Å². The molecule has 0 saturated carbocycles. The first-order valence-electron chi connectivity index (χ1n) is 10.7. The number of ether oxygens (including phenoxy) is 2. The van der Waals surface area contributed by atoms with Crippen molar-refractivity contribution in [3.63, 3.8) is 0 Å². The summed E-state index contributed by atoms with van der Waals surface area (Å²) in [7, 11) is -4.18. The second-order valence-corrected chi connectivity index (χ2v) is 10.3. The van der Waals surface area contributed by atoms with Crippen LogP contribution in [0.25, 0.3) is 11.1 Å². The Morgan fingerprint density at radius 2 is 2.00 bits per heavy atom. The smallest absolute Gasteiger partial charge is 0.298 e. The molecule has 0 amide bonds. The molecular weight excluding hydrogens is 465 g/mol. The molecule has 2 aromatic carbocycles. The van der Waals surface area contributed by atoms with Crippen LogP contribution in [0.3, 0.4) is 0 Å². The predicted octanol–water partition coefficient (Wildman–Crippen LogP) is 2.90. The molecule has 2 aliphatic heterocycles. The van der Waals surface area contributed by atoms with Crippen LogP contribution in [0.1, 0.15) is 5.56 Å². The Balaban J connectivity index is 1.21. The fourth-order valence-electron chi connectivity index (χ4n) is 3.89. The third kappa shape index (κ3) is 4.39. The monoisotopic (exact) mass is 489 g/mol. The van der Waals surface area contributed by atoms with Crippen LogP contribution >= 0.6 is 0 Å². The fraction of sp³-hybridized carbons (Fsp3) is 0.348. The molecule has 5 rings (SSSR count). The molecule has 0 radical (unpaired) electrons. The van der Waals surface area contributed by atoms with Crippen molar-refractivity contribution in [1.82, 2.24) is 4.98 Å². The van der Waals surface area contributed by atoms with Gasteiger partial charge in [0.05, 0.1) is 29.9 Å². The van der Waals surface area contributed by atoms with E-state index in [0.29, 0.717) is 22.9 Å². The van der Waals surface area contributed by atoms with Crippen molar-refractivity contribution in [1.29, 1.82) is 0 Å². The van der Waals surface area contributed by atoms with Gasteiger partial charge < -0.3 is 24.5 Å². The highest BCUT2D eigenvalue weighted by molar-refractivity contribution is 7.86. The van der Waals surface area contributed by atoms with Crippen molar-refractivity contribution in [3.8, 4) is 5.75 Å². The summed E-state index contributed by atoms with van der Waals surface area (Å²) in [5.41, 5.74) is 7.93. The molecule has 11 heteroatoms. The lowest BCUT2D eigenvalue weighted by Crippen LogP contribution is -2.66. The Morgan fingerprint density at radius 1 is 1.26 bits per heavy atom. The highest BCUT2D eigenvalue weighted by Gasteiger charge is 2.50. The highest BCUT2D eigenvalue weighted by atomic mass is 32.2. The van der Waals surface area contributed by atoms with Gasteiger partial charge in [-0.05, 0) is 31.2 Å². The van der Waals surface area contributed by atoms with Gasteiger partial charge in [-0.3, -0.25) is 0 Å². The highest BCUT2D eigenvalue weighted by Crippen LogP contribution is 2.40. The van der Waals surface area contributed by atoms with Gasteiger partial charge in [0.2, 0.25) is 0 Å². The van der Waals surface area contributed by atoms with Crippen LogP contribution in [0.2, 0.25) is 0 Å². The molecule has 9 nitrogen and oxygen atoms in total. The number of hydrogen-bond acceptors (Lipinski definition) is 9. The maximum atomic E-state index is 13.5. The molecule has 1 aromatic heterocycles. The van der Waals surface area contributed by atoms with Gasteiger partial charge in [0, 0.05) is 24.7 Å². The molecule has 3 heterocycles. The Kier molecular flexibility index (Phi) is 5.80. The lowest BCUT2D eigenvalue weighted by molar-refractivity contribution is -0.128. The largest absolute Gasteiger partial charge is 0.489 e. The molecule has 1 spiro atoms. The maximum absolute atomic E-state index is 13.5.